The van der Waals surface area contributed by atoms with Crippen LogP contribution in [0.1, 0.15) is 25.8 Å². The Morgan fingerprint density at radius 1 is 1.09 bits per heavy atom. The number of hydrogen-bond acceptors (Lipinski definition) is 8. The molecule has 5 rings (SSSR count). The molecule has 0 amide bonds. The molecule has 4 aromatic rings. The molecule has 1 aliphatic heterocycles. The van der Waals surface area contributed by atoms with Crippen LogP contribution in [0.25, 0.3) is 10.9 Å². The Hall–Kier alpha value is -3.14. The Bertz CT molecular complexity index is 1250. The summed E-state index contributed by atoms with van der Waals surface area (Å²) in [5, 5.41) is 11.8. The van der Waals surface area contributed by atoms with E-state index in [1.165, 1.54) is 10.5 Å². The molecule has 0 aliphatic carbocycles. The first-order valence-corrected chi connectivity index (χ1v) is 12.6. The highest BCUT2D eigenvalue weighted by atomic mass is 32.2. The molecular formula is C25H30N8S. The maximum atomic E-state index is 4.91. The Kier molecular flexibility index (Phi) is 6.94. The van der Waals surface area contributed by atoms with E-state index in [2.05, 4.69) is 79.2 Å². The highest BCUT2D eigenvalue weighted by molar-refractivity contribution is 7.97. The lowest BCUT2D eigenvalue weighted by Gasteiger charge is -2.26. The minimum Gasteiger partial charge on any atom is -0.325 e. The van der Waals surface area contributed by atoms with Crippen LogP contribution in [0.4, 0.5) is 23.1 Å². The molecule has 2 aromatic heterocycles. The highest BCUT2D eigenvalue weighted by Gasteiger charge is 2.17. The van der Waals surface area contributed by atoms with Gasteiger partial charge in [-0.15, -0.1) is 0 Å². The first kappa shape index (κ1) is 22.6. The molecule has 3 N–H and O–H groups in total. The van der Waals surface area contributed by atoms with Crippen molar-refractivity contribution in [2.24, 2.45) is 0 Å². The maximum Gasteiger partial charge on any atom is 0.229 e. The first-order chi connectivity index (χ1) is 16.7. The zero-order valence-electron chi connectivity index (χ0n) is 19.6. The van der Waals surface area contributed by atoms with Crippen molar-refractivity contribution in [3.8, 4) is 0 Å². The van der Waals surface area contributed by atoms with Gasteiger partial charge in [-0.1, -0.05) is 19.9 Å². The lowest BCUT2D eigenvalue weighted by Crippen LogP contribution is -2.28. The second kappa shape index (κ2) is 10.4. The first-order valence-electron chi connectivity index (χ1n) is 11.8. The van der Waals surface area contributed by atoms with Crippen LogP contribution < -0.4 is 14.9 Å². The Balaban J connectivity index is 1.43. The number of fused-ring (bicyclic) bond motifs is 2. The number of H-pyrrole nitrogens is 1. The van der Waals surface area contributed by atoms with Gasteiger partial charge in [0.25, 0.3) is 0 Å². The fourth-order valence-electron chi connectivity index (χ4n) is 4.31. The van der Waals surface area contributed by atoms with E-state index < -0.39 is 0 Å². The van der Waals surface area contributed by atoms with Crippen LogP contribution in [-0.2, 0) is 6.54 Å². The standard InChI is InChI=1S/C25H30N8S/c1-3-32(4-2)13-6-14-33(22-8-5-7-21-20(22)17-27-31-21)24-11-12-26-25(30-24)29-19-9-10-23-18(15-19)16-28-34-23/h5,7-12,15,17,28H,3-4,6,13-14,16H2,1-2H3,(H,27,31)(H,26,29,30). The van der Waals surface area contributed by atoms with Gasteiger partial charge < -0.3 is 15.1 Å². The molecule has 2 aromatic carbocycles. The molecule has 0 radical (unpaired) electrons. The van der Waals surface area contributed by atoms with Gasteiger partial charge in [0.05, 0.1) is 17.4 Å². The third-order valence-electron chi connectivity index (χ3n) is 6.18. The molecule has 9 heteroatoms. The molecule has 0 atom stereocenters. The zero-order valence-corrected chi connectivity index (χ0v) is 20.4. The average molecular weight is 475 g/mol. The van der Waals surface area contributed by atoms with Crippen molar-refractivity contribution >= 4 is 46.0 Å². The van der Waals surface area contributed by atoms with Gasteiger partial charge in [0.2, 0.25) is 5.95 Å². The maximum absolute atomic E-state index is 4.91. The third-order valence-corrected chi connectivity index (χ3v) is 7.09. The van der Waals surface area contributed by atoms with Crippen molar-refractivity contribution < 1.29 is 0 Å². The number of aromatic nitrogens is 4. The summed E-state index contributed by atoms with van der Waals surface area (Å²) in [6.07, 6.45) is 4.74. The Morgan fingerprint density at radius 2 is 2.00 bits per heavy atom. The molecule has 34 heavy (non-hydrogen) atoms. The molecule has 8 nitrogen and oxygen atoms in total. The van der Waals surface area contributed by atoms with E-state index in [1.54, 1.807) is 11.9 Å². The van der Waals surface area contributed by atoms with E-state index in [-0.39, 0.29) is 0 Å². The van der Waals surface area contributed by atoms with Crippen LogP contribution in [0.2, 0.25) is 0 Å². The summed E-state index contributed by atoms with van der Waals surface area (Å²) >= 11 is 1.67. The quantitative estimate of drug-likeness (QED) is 0.275. The summed E-state index contributed by atoms with van der Waals surface area (Å²) in [6.45, 7) is 9.30. The van der Waals surface area contributed by atoms with E-state index in [0.29, 0.717) is 5.95 Å². The summed E-state index contributed by atoms with van der Waals surface area (Å²) in [6, 6.07) is 14.6. The molecule has 176 valence electrons. The van der Waals surface area contributed by atoms with Gasteiger partial charge in [0.15, 0.2) is 0 Å². The average Bonchev–Trinajstić information content (AvgIpc) is 3.54. The predicted octanol–water partition coefficient (Wildman–Crippen LogP) is 5.08. The van der Waals surface area contributed by atoms with Crippen molar-refractivity contribution in [3.05, 3.63) is 60.4 Å². The van der Waals surface area contributed by atoms with Gasteiger partial charge >= 0.3 is 0 Å². The monoisotopic (exact) mass is 474 g/mol. The Morgan fingerprint density at radius 3 is 2.88 bits per heavy atom. The van der Waals surface area contributed by atoms with Gasteiger partial charge in [0.1, 0.15) is 5.82 Å². The van der Waals surface area contributed by atoms with E-state index in [4.69, 9.17) is 4.98 Å². The number of benzene rings is 2. The van der Waals surface area contributed by atoms with Gasteiger partial charge in [-0.2, -0.15) is 10.1 Å². The van der Waals surface area contributed by atoms with Crippen LogP contribution in [0.3, 0.4) is 0 Å². The van der Waals surface area contributed by atoms with Gasteiger partial charge in [0, 0.05) is 35.3 Å². The molecule has 3 heterocycles. The van der Waals surface area contributed by atoms with Gasteiger partial charge in [-0.3, -0.25) is 9.82 Å². The van der Waals surface area contributed by atoms with Crippen LogP contribution >= 0.6 is 11.9 Å². The second-order valence-corrected chi connectivity index (χ2v) is 9.18. The van der Waals surface area contributed by atoms with E-state index in [9.17, 15) is 0 Å². The normalized spacial score (nSPS) is 12.9. The summed E-state index contributed by atoms with van der Waals surface area (Å²) in [5.41, 5.74) is 4.39. The predicted molar refractivity (Wildman–Crippen MR) is 140 cm³/mol. The van der Waals surface area contributed by atoms with Crippen molar-refractivity contribution in [3.63, 3.8) is 0 Å². The molecule has 0 fully saturated rings. The fraction of sp³-hybridized carbons (Fsp3) is 0.320. The molecule has 0 bridgehead atoms. The van der Waals surface area contributed by atoms with Crippen LogP contribution in [0, 0.1) is 0 Å². The number of nitrogens with zero attached hydrogens (tertiary/aromatic N) is 5. The fourth-order valence-corrected chi connectivity index (χ4v) is 5.10. The number of aromatic amines is 1. The van der Waals surface area contributed by atoms with Crippen LogP contribution in [0.15, 0.2) is 59.8 Å². The number of anilines is 4. The molecule has 0 saturated carbocycles. The van der Waals surface area contributed by atoms with Crippen molar-refractivity contribution in [1.29, 1.82) is 0 Å². The largest absolute Gasteiger partial charge is 0.325 e. The van der Waals surface area contributed by atoms with Crippen LogP contribution in [0.5, 0.6) is 0 Å². The van der Waals surface area contributed by atoms with Crippen LogP contribution in [-0.4, -0.2) is 51.2 Å². The minimum absolute atomic E-state index is 0.587. The van der Waals surface area contributed by atoms with Crippen molar-refractivity contribution in [2.75, 3.05) is 36.4 Å². The van der Waals surface area contributed by atoms with E-state index in [1.807, 2.05) is 24.5 Å². The highest BCUT2D eigenvalue weighted by Crippen LogP contribution is 2.32. The van der Waals surface area contributed by atoms with E-state index in [0.717, 1.165) is 67.2 Å². The topological polar surface area (TPSA) is 85.0 Å². The minimum atomic E-state index is 0.587. The van der Waals surface area contributed by atoms with E-state index >= 15 is 0 Å². The van der Waals surface area contributed by atoms with Crippen molar-refractivity contribution in [1.82, 2.24) is 29.8 Å². The SMILES string of the molecule is CCN(CC)CCCN(c1ccnc(Nc2ccc3c(c2)CNS3)n1)c1cccc2[nH]ncc12. The summed E-state index contributed by atoms with van der Waals surface area (Å²) in [5.74, 6) is 1.45. The number of rotatable bonds is 10. The summed E-state index contributed by atoms with van der Waals surface area (Å²) in [4.78, 5) is 15.4. The lowest BCUT2D eigenvalue weighted by molar-refractivity contribution is 0.301. The zero-order chi connectivity index (χ0) is 23.3. The molecule has 1 aliphatic rings. The molecule has 0 saturated heterocycles. The molecule has 0 unspecified atom stereocenters. The molecule has 0 spiro atoms. The lowest BCUT2D eigenvalue weighted by atomic mass is 10.2. The van der Waals surface area contributed by atoms with Gasteiger partial charge in [-0.05, 0) is 80.0 Å². The summed E-state index contributed by atoms with van der Waals surface area (Å²) in [7, 11) is 0. The second-order valence-electron chi connectivity index (χ2n) is 8.25. The number of nitrogens with one attached hydrogen (secondary N) is 3. The van der Waals surface area contributed by atoms with Crippen molar-refractivity contribution in [2.45, 2.75) is 31.7 Å². The Labute approximate surface area is 204 Å². The number of hydrogen-bond donors (Lipinski definition) is 3. The van der Waals surface area contributed by atoms with Gasteiger partial charge in [-0.25, -0.2) is 4.98 Å². The smallest absolute Gasteiger partial charge is 0.229 e. The summed E-state index contributed by atoms with van der Waals surface area (Å²) < 4.78 is 3.31. The molecular weight excluding hydrogens is 444 g/mol. The third kappa shape index (κ3) is 4.86.